The number of hydrogen-bond acceptors (Lipinski definition) is 6. The van der Waals surface area contributed by atoms with Crippen molar-refractivity contribution in [3.8, 4) is 0 Å². The lowest BCUT2D eigenvalue weighted by Gasteiger charge is -2.50. The summed E-state index contributed by atoms with van der Waals surface area (Å²) >= 11 is 0. The highest BCUT2D eigenvalue weighted by molar-refractivity contribution is 7.53. The van der Waals surface area contributed by atoms with Crippen LogP contribution in [0.4, 0.5) is 0 Å². The molecule has 0 fully saturated rings. The van der Waals surface area contributed by atoms with Gasteiger partial charge in [-0.2, -0.15) is 0 Å². The Balaban J connectivity index is 0.00000117. The molecule has 0 heterocycles. The molecule has 0 saturated heterocycles. The largest absolute Gasteiger partial charge is 0.380 e. The van der Waals surface area contributed by atoms with Crippen molar-refractivity contribution in [2.24, 2.45) is 5.41 Å². The molecule has 2 aromatic carbocycles. The zero-order valence-corrected chi connectivity index (χ0v) is 31.6. The summed E-state index contributed by atoms with van der Waals surface area (Å²) in [7, 11) is -5.22. The summed E-state index contributed by atoms with van der Waals surface area (Å²) in [5.74, 6) is 0. The van der Waals surface area contributed by atoms with Crippen molar-refractivity contribution >= 4 is 17.2 Å². The molecular formula is C35H60O6P2. The molecule has 43 heavy (non-hydrogen) atoms. The van der Waals surface area contributed by atoms with E-state index >= 15 is 0 Å². The van der Waals surface area contributed by atoms with E-state index in [1.165, 1.54) is 33.4 Å². The standard InChI is InChI=1S/C35H56O.H4O5P2/c1-22-18-24(30(3,4)5)28(25(19-22)31(6,7)8)35(36,34(15,16)17)29-26(32(9,10)11)20-23(2)21-27(29)33(12,13)14;1-6(2)5-7(3)4/h18-21,36H,1-17H3;1-4H. The van der Waals surface area contributed by atoms with E-state index in [1.54, 1.807) is 0 Å². The smallest absolute Gasteiger partial charge is 0.334 e. The van der Waals surface area contributed by atoms with Crippen molar-refractivity contribution in [1.29, 1.82) is 0 Å². The van der Waals surface area contributed by atoms with Crippen LogP contribution in [-0.4, -0.2) is 24.7 Å². The van der Waals surface area contributed by atoms with Crippen LogP contribution in [0.3, 0.4) is 0 Å². The summed E-state index contributed by atoms with van der Waals surface area (Å²) in [5, 5.41) is 13.6. The third-order valence-corrected chi connectivity index (χ3v) is 8.92. The molecule has 0 saturated carbocycles. The van der Waals surface area contributed by atoms with Gasteiger partial charge in [-0.3, -0.25) is 0 Å². The number of aryl methyl sites for hydroxylation is 2. The molecule has 0 atom stereocenters. The number of benzene rings is 2. The molecule has 6 nitrogen and oxygen atoms in total. The fourth-order valence-electron chi connectivity index (χ4n) is 5.66. The van der Waals surface area contributed by atoms with E-state index in [-0.39, 0.29) is 21.7 Å². The van der Waals surface area contributed by atoms with Crippen LogP contribution in [0.15, 0.2) is 24.3 Å². The Morgan fingerprint density at radius 1 is 0.465 bits per heavy atom. The summed E-state index contributed by atoms with van der Waals surface area (Å²) in [4.78, 5) is 31.3. The molecule has 0 radical (unpaired) electrons. The quantitative estimate of drug-likeness (QED) is 0.214. The van der Waals surface area contributed by atoms with Gasteiger partial charge in [-0.25, -0.2) is 4.31 Å². The van der Waals surface area contributed by atoms with Crippen LogP contribution < -0.4 is 0 Å². The van der Waals surface area contributed by atoms with E-state index in [2.05, 4.69) is 146 Å². The second kappa shape index (κ2) is 13.4. The second-order valence-corrected chi connectivity index (χ2v) is 18.7. The van der Waals surface area contributed by atoms with Gasteiger partial charge in [0.2, 0.25) is 0 Å². The van der Waals surface area contributed by atoms with Crippen molar-refractivity contribution in [2.75, 3.05) is 0 Å². The summed E-state index contributed by atoms with van der Waals surface area (Å²) in [6.45, 7) is 38.4. The molecule has 0 bridgehead atoms. The first-order valence-electron chi connectivity index (χ1n) is 14.9. The minimum Gasteiger partial charge on any atom is -0.380 e. The summed E-state index contributed by atoms with van der Waals surface area (Å²) in [5.41, 5.74) is 7.48. The minimum absolute atomic E-state index is 0.130. The highest BCUT2D eigenvalue weighted by Gasteiger charge is 2.51. The Kier molecular flexibility index (Phi) is 12.5. The highest BCUT2D eigenvalue weighted by Crippen LogP contribution is 2.55. The Labute approximate surface area is 264 Å². The van der Waals surface area contributed by atoms with E-state index in [0.29, 0.717) is 0 Å². The maximum atomic E-state index is 13.6. The van der Waals surface area contributed by atoms with E-state index in [1.807, 2.05) is 0 Å². The molecule has 0 aliphatic carbocycles. The van der Waals surface area contributed by atoms with Crippen molar-refractivity contribution in [3.63, 3.8) is 0 Å². The molecule has 0 spiro atoms. The summed E-state index contributed by atoms with van der Waals surface area (Å²) in [6.07, 6.45) is 0. The van der Waals surface area contributed by atoms with Crippen LogP contribution in [0.5, 0.6) is 0 Å². The maximum Gasteiger partial charge on any atom is 0.334 e. The van der Waals surface area contributed by atoms with Gasteiger partial charge < -0.3 is 24.7 Å². The number of rotatable bonds is 4. The third-order valence-electron chi connectivity index (χ3n) is 7.75. The number of aliphatic hydroxyl groups is 1. The van der Waals surface area contributed by atoms with Gasteiger partial charge in [0.15, 0.2) is 0 Å². The van der Waals surface area contributed by atoms with Crippen molar-refractivity contribution < 1.29 is 29.0 Å². The van der Waals surface area contributed by atoms with Crippen LogP contribution in [0, 0.1) is 19.3 Å². The van der Waals surface area contributed by atoms with E-state index in [0.717, 1.165) is 11.1 Å². The molecule has 5 N–H and O–H groups in total. The monoisotopic (exact) mass is 638 g/mol. The number of hydrogen-bond donors (Lipinski definition) is 5. The average Bonchev–Trinajstić information content (AvgIpc) is 2.73. The molecule has 0 aromatic heterocycles. The summed E-state index contributed by atoms with van der Waals surface area (Å²) in [6, 6.07) is 9.29. The fraction of sp³-hybridized carbons (Fsp3) is 0.657. The topological polar surface area (TPSA) is 110 Å². The van der Waals surface area contributed by atoms with Crippen LogP contribution in [-0.2, 0) is 31.6 Å². The first-order valence-corrected chi connectivity index (χ1v) is 17.3. The van der Waals surface area contributed by atoms with E-state index < -0.39 is 28.2 Å². The Hall–Kier alpha value is -0.940. The van der Waals surface area contributed by atoms with Crippen LogP contribution in [0.2, 0.25) is 0 Å². The molecule has 246 valence electrons. The Morgan fingerprint density at radius 2 is 0.674 bits per heavy atom. The maximum absolute atomic E-state index is 13.6. The summed E-state index contributed by atoms with van der Waals surface area (Å²) < 4.78 is 3.60. The van der Waals surface area contributed by atoms with Gasteiger partial charge in [0.05, 0.1) is 0 Å². The first-order chi connectivity index (χ1) is 18.9. The fourth-order valence-corrected chi connectivity index (χ4v) is 6.18. The third kappa shape index (κ3) is 9.77. The lowest BCUT2D eigenvalue weighted by atomic mass is 9.57. The van der Waals surface area contributed by atoms with E-state index in [9.17, 15) is 5.11 Å². The Bertz CT molecular complexity index is 1090. The zero-order chi connectivity index (χ0) is 34.3. The highest BCUT2D eigenvalue weighted by atomic mass is 31.2. The zero-order valence-electron chi connectivity index (χ0n) is 29.8. The van der Waals surface area contributed by atoms with Gasteiger partial charge in [-0.15, -0.1) is 0 Å². The molecule has 2 aromatic rings. The molecule has 0 aliphatic rings. The van der Waals surface area contributed by atoms with Crippen molar-refractivity contribution in [2.45, 2.75) is 145 Å². The molecule has 0 unspecified atom stereocenters. The van der Waals surface area contributed by atoms with Crippen molar-refractivity contribution in [3.05, 3.63) is 68.8 Å². The molecule has 0 amide bonds. The molecular weight excluding hydrogens is 578 g/mol. The second-order valence-electron chi connectivity index (χ2n) is 17.0. The Morgan fingerprint density at radius 3 is 0.791 bits per heavy atom. The van der Waals surface area contributed by atoms with Gasteiger partial charge in [0.1, 0.15) is 5.60 Å². The normalized spacial score (nSPS) is 13.9. The van der Waals surface area contributed by atoms with Gasteiger partial charge >= 0.3 is 17.2 Å². The van der Waals surface area contributed by atoms with Crippen LogP contribution >= 0.6 is 17.2 Å². The van der Waals surface area contributed by atoms with Gasteiger partial charge in [-0.05, 0) is 74.3 Å². The SMILES string of the molecule is Cc1cc(C(C)(C)C)c(C(O)(c2c(C(C)(C)C)cc(C)cc2C(C)(C)C)C(C)(C)C)c(C(C)(C)C)c1.OP(O)OP(O)O. The predicted octanol–water partition coefficient (Wildman–Crippen LogP) is 9.20. The lowest BCUT2D eigenvalue weighted by molar-refractivity contribution is -0.0312. The molecule has 2 rings (SSSR count). The minimum atomic E-state index is -2.61. The average molecular weight is 639 g/mol. The van der Waals surface area contributed by atoms with Gasteiger partial charge in [0, 0.05) is 0 Å². The van der Waals surface area contributed by atoms with Gasteiger partial charge in [-0.1, -0.05) is 139 Å². The van der Waals surface area contributed by atoms with Crippen molar-refractivity contribution in [1.82, 2.24) is 0 Å². The van der Waals surface area contributed by atoms with Gasteiger partial charge in [0.25, 0.3) is 0 Å². The van der Waals surface area contributed by atoms with Crippen LogP contribution in [0.25, 0.3) is 0 Å². The molecule has 0 aliphatic heterocycles. The van der Waals surface area contributed by atoms with E-state index in [4.69, 9.17) is 19.6 Å². The first kappa shape index (κ1) is 40.1. The predicted molar refractivity (Wildman–Crippen MR) is 183 cm³/mol. The van der Waals surface area contributed by atoms with Crippen LogP contribution in [0.1, 0.15) is 148 Å². The lowest BCUT2D eigenvalue weighted by Crippen LogP contribution is -2.47. The molecule has 8 heteroatoms.